The molecule has 0 aliphatic carbocycles. The van der Waals surface area contributed by atoms with E-state index in [0.29, 0.717) is 19.0 Å². The van der Waals surface area contributed by atoms with Gasteiger partial charge in [0.05, 0.1) is 6.54 Å². The van der Waals surface area contributed by atoms with Gasteiger partial charge in [-0.05, 0) is 5.92 Å². The number of carbonyl (C=O) groups is 1. The highest BCUT2D eigenvalue weighted by atomic mass is 32.1. The Kier molecular flexibility index (Phi) is 4.89. The molecule has 5 heteroatoms. The van der Waals surface area contributed by atoms with Crippen LogP contribution in [0.25, 0.3) is 0 Å². The van der Waals surface area contributed by atoms with E-state index in [9.17, 15) is 4.79 Å². The summed E-state index contributed by atoms with van der Waals surface area (Å²) in [6.45, 7) is 5.33. The molecule has 0 aromatic carbocycles. The number of aromatic nitrogens is 1. The third kappa shape index (κ3) is 3.90. The molecule has 1 amide bonds. The van der Waals surface area contributed by atoms with E-state index in [1.165, 1.54) is 4.88 Å². The van der Waals surface area contributed by atoms with Crippen molar-refractivity contribution in [1.29, 1.82) is 0 Å². The van der Waals surface area contributed by atoms with Gasteiger partial charge in [-0.2, -0.15) is 0 Å². The van der Waals surface area contributed by atoms with Crippen LogP contribution in [-0.4, -0.2) is 36.4 Å². The molecular formula is C11H19N3OS. The molecule has 0 aliphatic rings. The topological polar surface area (TPSA) is 45.2 Å². The second-order valence-corrected chi connectivity index (χ2v) is 5.35. The molecular weight excluding hydrogens is 222 g/mol. The smallest absolute Gasteiger partial charge is 0.236 e. The molecule has 0 unspecified atom stereocenters. The Labute approximate surface area is 101 Å². The third-order valence-electron chi connectivity index (χ3n) is 2.19. The molecule has 0 aliphatic heterocycles. The van der Waals surface area contributed by atoms with Crippen molar-refractivity contribution in [2.24, 2.45) is 0 Å². The Balaban J connectivity index is 2.35. The van der Waals surface area contributed by atoms with Gasteiger partial charge in [0, 0.05) is 31.7 Å². The summed E-state index contributed by atoms with van der Waals surface area (Å²) in [6, 6.07) is 0. The number of amides is 1. The maximum atomic E-state index is 11.3. The van der Waals surface area contributed by atoms with Gasteiger partial charge >= 0.3 is 0 Å². The van der Waals surface area contributed by atoms with Crippen molar-refractivity contribution in [3.63, 3.8) is 0 Å². The quantitative estimate of drug-likeness (QED) is 0.848. The van der Waals surface area contributed by atoms with Crippen molar-refractivity contribution in [2.45, 2.75) is 26.3 Å². The fourth-order valence-electron chi connectivity index (χ4n) is 1.11. The molecule has 1 rings (SSSR count). The number of carbonyl (C=O) groups excluding carboxylic acids is 1. The van der Waals surface area contributed by atoms with E-state index >= 15 is 0 Å². The summed E-state index contributed by atoms with van der Waals surface area (Å²) in [7, 11) is 3.51. The standard InChI is InChI=1S/C11H19N3OS/c1-8(2)9-5-13-10(16-9)6-12-7-11(15)14(3)4/h5,8,12H,6-7H2,1-4H3. The monoisotopic (exact) mass is 241 g/mol. The zero-order chi connectivity index (χ0) is 12.1. The Morgan fingerprint density at radius 1 is 1.56 bits per heavy atom. The maximum absolute atomic E-state index is 11.3. The Morgan fingerprint density at radius 3 is 2.75 bits per heavy atom. The summed E-state index contributed by atoms with van der Waals surface area (Å²) in [4.78, 5) is 18.5. The van der Waals surface area contributed by atoms with Gasteiger partial charge in [-0.1, -0.05) is 13.8 Å². The highest BCUT2D eigenvalue weighted by molar-refractivity contribution is 7.11. The molecule has 0 radical (unpaired) electrons. The molecule has 0 bridgehead atoms. The largest absolute Gasteiger partial charge is 0.348 e. The van der Waals surface area contributed by atoms with Crippen molar-refractivity contribution < 1.29 is 4.79 Å². The highest BCUT2D eigenvalue weighted by Crippen LogP contribution is 2.21. The van der Waals surface area contributed by atoms with Gasteiger partial charge in [0.25, 0.3) is 0 Å². The molecule has 0 fully saturated rings. The van der Waals surface area contributed by atoms with Crippen molar-refractivity contribution >= 4 is 17.2 Å². The molecule has 90 valence electrons. The predicted octanol–water partition coefficient (Wildman–Crippen LogP) is 1.44. The molecule has 1 heterocycles. The van der Waals surface area contributed by atoms with Crippen molar-refractivity contribution in [3.05, 3.63) is 16.1 Å². The van der Waals surface area contributed by atoms with Gasteiger partial charge < -0.3 is 10.2 Å². The zero-order valence-corrected chi connectivity index (χ0v) is 11.1. The van der Waals surface area contributed by atoms with Gasteiger partial charge in [0.1, 0.15) is 5.01 Å². The molecule has 0 spiro atoms. The Morgan fingerprint density at radius 2 is 2.25 bits per heavy atom. The van der Waals surface area contributed by atoms with Crippen LogP contribution < -0.4 is 5.32 Å². The molecule has 16 heavy (non-hydrogen) atoms. The lowest BCUT2D eigenvalue weighted by Gasteiger charge is -2.09. The van der Waals surface area contributed by atoms with Crippen LogP contribution in [0.1, 0.15) is 29.7 Å². The summed E-state index contributed by atoms with van der Waals surface area (Å²) in [5, 5.41) is 4.13. The minimum absolute atomic E-state index is 0.0839. The van der Waals surface area contributed by atoms with E-state index in [2.05, 4.69) is 24.1 Å². The van der Waals surface area contributed by atoms with Crippen LogP contribution >= 0.6 is 11.3 Å². The van der Waals surface area contributed by atoms with Crippen LogP contribution in [0, 0.1) is 0 Å². The average Bonchev–Trinajstić information content (AvgIpc) is 2.66. The van der Waals surface area contributed by atoms with Crippen LogP contribution in [0.4, 0.5) is 0 Å². The highest BCUT2D eigenvalue weighted by Gasteiger charge is 2.06. The van der Waals surface area contributed by atoms with Crippen molar-refractivity contribution in [3.8, 4) is 0 Å². The van der Waals surface area contributed by atoms with Crippen LogP contribution in [0.15, 0.2) is 6.20 Å². The number of likely N-dealkylation sites (N-methyl/N-ethyl adjacent to an activating group) is 1. The number of thiazole rings is 1. The summed E-state index contributed by atoms with van der Waals surface area (Å²) in [5.41, 5.74) is 0. The van der Waals surface area contributed by atoms with E-state index in [0.717, 1.165) is 5.01 Å². The van der Waals surface area contributed by atoms with Crippen LogP contribution in [0.2, 0.25) is 0 Å². The van der Waals surface area contributed by atoms with Crippen molar-refractivity contribution in [1.82, 2.24) is 15.2 Å². The first-order valence-corrected chi connectivity index (χ1v) is 6.17. The van der Waals surface area contributed by atoms with Gasteiger partial charge in [0.15, 0.2) is 0 Å². The second-order valence-electron chi connectivity index (χ2n) is 4.20. The lowest BCUT2D eigenvalue weighted by Crippen LogP contribution is -2.32. The first kappa shape index (κ1) is 13.1. The second kappa shape index (κ2) is 5.96. The molecule has 0 atom stereocenters. The fourth-order valence-corrected chi connectivity index (χ4v) is 2.00. The van der Waals surface area contributed by atoms with Crippen molar-refractivity contribution in [2.75, 3.05) is 20.6 Å². The maximum Gasteiger partial charge on any atom is 0.236 e. The summed E-state index contributed by atoms with van der Waals surface area (Å²) >= 11 is 1.70. The summed E-state index contributed by atoms with van der Waals surface area (Å²) in [6.07, 6.45) is 1.92. The lowest BCUT2D eigenvalue weighted by atomic mass is 10.2. The Hall–Kier alpha value is -0.940. The van der Waals surface area contributed by atoms with Crippen LogP contribution in [0.5, 0.6) is 0 Å². The minimum atomic E-state index is 0.0839. The van der Waals surface area contributed by atoms with E-state index in [1.54, 1.807) is 30.3 Å². The Bertz CT molecular complexity index is 347. The number of rotatable bonds is 5. The normalized spacial score (nSPS) is 10.8. The number of nitrogens with zero attached hydrogens (tertiary/aromatic N) is 2. The lowest BCUT2D eigenvalue weighted by molar-refractivity contribution is -0.127. The molecule has 1 aromatic heterocycles. The van der Waals surface area contributed by atoms with Gasteiger partial charge in [0.2, 0.25) is 5.91 Å². The molecule has 0 saturated heterocycles. The number of nitrogens with one attached hydrogen (secondary N) is 1. The average molecular weight is 241 g/mol. The van der Waals surface area contributed by atoms with Crippen LogP contribution in [0.3, 0.4) is 0 Å². The van der Waals surface area contributed by atoms with Gasteiger partial charge in [-0.3, -0.25) is 4.79 Å². The fraction of sp³-hybridized carbons (Fsp3) is 0.636. The zero-order valence-electron chi connectivity index (χ0n) is 10.3. The minimum Gasteiger partial charge on any atom is -0.348 e. The molecule has 0 saturated carbocycles. The van der Waals surface area contributed by atoms with E-state index in [4.69, 9.17) is 0 Å². The van der Waals surface area contributed by atoms with Gasteiger partial charge in [-0.15, -0.1) is 11.3 Å². The molecule has 4 nitrogen and oxygen atoms in total. The SMILES string of the molecule is CC(C)c1cnc(CNCC(=O)N(C)C)s1. The first-order valence-electron chi connectivity index (χ1n) is 5.36. The molecule has 1 N–H and O–H groups in total. The van der Waals surface area contributed by atoms with E-state index in [-0.39, 0.29) is 5.91 Å². The third-order valence-corrected chi connectivity index (χ3v) is 3.49. The first-order chi connectivity index (χ1) is 7.50. The summed E-state index contributed by atoms with van der Waals surface area (Å²) < 4.78 is 0. The number of hydrogen-bond donors (Lipinski definition) is 1. The molecule has 1 aromatic rings. The van der Waals surface area contributed by atoms with Gasteiger partial charge in [-0.25, -0.2) is 4.98 Å². The van der Waals surface area contributed by atoms with Crippen LogP contribution in [-0.2, 0) is 11.3 Å². The van der Waals surface area contributed by atoms with E-state index < -0.39 is 0 Å². The summed E-state index contributed by atoms with van der Waals surface area (Å²) in [5.74, 6) is 0.607. The number of hydrogen-bond acceptors (Lipinski definition) is 4. The van der Waals surface area contributed by atoms with E-state index in [1.807, 2.05) is 6.20 Å². The predicted molar refractivity (Wildman–Crippen MR) is 66.6 cm³/mol.